The average Bonchev–Trinajstić information content (AvgIpc) is 2.14. The summed E-state index contributed by atoms with van der Waals surface area (Å²) in [5.41, 5.74) is 0.383. The van der Waals surface area contributed by atoms with Gasteiger partial charge in [-0.25, -0.2) is 0 Å². The molecule has 0 aromatic rings. The van der Waals surface area contributed by atoms with E-state index in [1.54, 1.807) is 0 Å². The Labute approximate surface area is 88.1 Å². The van der Waals surface area contributed by atoms with Gasteiger partial charge in [0.25, 0.3) is 0 Å². The molecule has 1 fully saturated rings. The molecule has 1 rings (SSSR count). The molecule has 84 valence electrons. The van der Waals surface area contributed by atoms with Gasteiger partial charge in [-0.15, -0.1) is 0 Å². The van der Waals surface area contributed by atoms with E-state index in [1.807, 2.05) is 0 Å². The van der Waals surface area contributed by atoms with Crippen molar-refractivity contribution in [2.75, 3.05) is 13.2 Å². The van der Waals surface area contributed by atoms with E-state index in [2.05, 4.69) is 26.1 Å². The van der Waals surface area contributed by atoms with Crippen LogP contribution >= 0.6 is 0 Å². The SMILES string of the molecule is CC(C)(C)CNC1CCC(CO)CC1. The standard InChI is InChI=1S/C12H25NO/c1-12(2,3)9-13-11-6-4-10(8-14)5-7-11/h10-11,13-14H,4-9H2,1-3H3. The van der Waals surface area contributed by atoms with Crippen molar-refractivity contribution in [3.05, 3.63) is 0 Å². The molecule has 14 heavy (non-hydrogen) atoms. The predicted molar refractivity (Wildman–Crippen MR) is 60.3 cm³/mol. The zero-order chi connectivity index (χ0) is 10.6. The highest BCUT2D eigenvalue weighted by Gasteiger charge is 2.21. The van der Waals surface area contributed by atoms with Crippen molar-refractivity contribution in [2.24, 2.45) is 11.3 Å². The maximum absolute atomic E-state index is 9.02. The Hall–Kier alpha value is -0.0800. The van der Waals surface area contributed by atoms with Gasteiger partial charge in [-0.05, 0) is 37.0 Å². The van der Waals surface area contributed by atoms with Crippen LogP contribution in [0.4, 0.5) is 0 Å². The van der Waals surface area contributed by atoms with E-state index < -0.39 is 0 Å². The monoisotopic (exact) mass is 199 g/mol. The van der Waals surface area contributed by atoms with E-state index in [0.717, 1.165) is 6.54 Å². The third kappa shape index (κ3) is 4.43. The minimum absolute atomic E-state index is 0.381. The molecule has 1 aliphatic carbocycles. The van der Waals surface area contributed by atoms with Crippen molar-refractivity contribution in [1.82, 2.24) is 5.32 Å². The topological polar surface area (TPSA) is 32.3 Å². The van der Waals surface area contributed by atoms with Crippen LogP contribution in [-0.2, 0) is 0 Å². The maximum atomic E-state index is 9.02. The van der Waals surface area contributed by atoms with Crippen molar-refractivity contribution >= 4 is 0 Å². The zero-order valence-corrected chi connectivity index (χ0v) is 9.84. The van der Waals surface area contributed by atoms with Crippen LogP contribution in [-0.4, -0.2) is 24.3 Å². The Balaban J connectivity index is 2.16. The molecule has 0 unspecified atom stereocenters. The summed E-state index contributed by atoms with van der Waals surface area (Å²) in [4.78, 5) is 0. The number of hydrogen-bond donors (Lipinski definition) is 2. The number of nitrogens with one attached hydrogen (secondary N) is 1. The van der Waals surface area contributed by atoms with Crippen LogP contribution in [0, 0.1) is 11.3 Å². The molecule has 2 N–H and O–H groups in total. The third-order valence-electron chi connectivity index (χ3n) is 3.03. The second-order valence-electron chi connectivity index (χ2n) is 5.84. The van der Waals surface area contributed by atoms with Crippen LogP contribution in [0.2, 0.25) is 0 Å². The Kier molecular flexibility index (Phi) is 4.39. The molecule has 1 saturated carbocycles. The fourth-order valence-electron chi connectivity index (χ4n) is 2.00. The van der Waals surface area contributed by atoms with Gasteiger partial charge >= 0.3 is 0 Å². The highest BCUT2D eigenvalue weighted by Crippen LogP contribution is 2.24. The van der Waals surface area contributed by atoms with E-state index in [-0.39, 0.29) is 0 Å². The van der Waals surface area contributed by atoms with E-state index in [0.29, 0.717) is 24.0 Å². The van der Waals surface area contributed by atoms with Crippen molar-refractivity contribution in [2.45, 2.75) is 52.5 Å². The molecular weight excluding hydrogens is 174 g/mol. The van der Waals surface area contributed by atoms with E-state index in [4.69, 9.17) is 5.11 Å². The Bertz CT molecular complexity index is 154. The van der Waals surface area contributed by atoms with Crippen molar-refractivity contribution in [1.29, 1.82) is 0 Å². The van der Waals surface area contributed by atoms with Gasteiger partial charge in [0.15, 0.2) is 0 Å². The fraction of sp³-hybridized carbons (Fsp3) is 1.00. The highest BCUT2D eigenvalue weighted by atomic mass is 16.3. The van der Waals surface area contributed by atoms with Crippen LogP contribution in [0.25, 0.3) is 0 Å². The molecular formula is C12H25NO. The lowest BCUT2D eigenvalue weighted by atomic mass is 9.86. The molecule has 2 heteroatoms. The zero-order valence-electron chi connectivity index (χ0n) is 9.84. The largest absolute Gasteiger partial charge is 0.396 e. The molecule has 0 spiro atoms. The summed E-state index contributed by atoms with van der Waals surface area (Å²) < 4.78 is 0. The Morgan fingerprint density at radius 2 is 1.71 bits per heavy atom. The first-order chi connectivity index (χ1) is 6.51. The third-order valence-corrected chi connectivity index (χ3v) is 3.03. The average molecular weight is 199 g/mol. The number of aliphatic hydroxyl groups is 1. The lowest BCUT2D eigenvalue weighted by molar-refractivity contribution is 0.171. The first kappa shape index (κ1) is 12.0. The second kappa shape index (κ2) is 5.13. The van der Waals surface area contributed by atoms with Gasteiger partial charge < -0.3 is 10.4 Å². The summed E-state index contributed by atoms with van der Waals surface area (Å²) in [6.07, 6.45) is 4.86. The summed E-state index contributed by atoms with van der Waals surface area (Å²) in [5.74, 6) is 0.572. The van der Waals surface area contributed by atoms with Crippen LogP contribution in [0.15, 0.2) is 0 Å². The van der Waals surface area contributed by atoms with Crippen molar-refractivity contribution in [3.63, 3.8) is 0 Å². The number of hydrogen-bond acceptors (Lipinski definition) is 2. The van der Waals surface area contributed by atoms with Crippen LogP contribution in [0.3, 0.4) is 0 Å². The number of rotatable bonds is 3. The normalized spacial score (nSPS) is 29.1. The molecule has 0 aromatic carbocycles. The summed E-state index contributed by atoms with van der Waals surface area (Å²) in [6, 6.07) is 0.692. The van der Waals surface area contributed by atoms with Crippen LogP contribution in [0.5, 0.6) is 0 Å². The van der Waals surface area contributed by atoms with Gasteiger partial charge in [0.1, 0.15) is 0 Å². The first-order valence-electron chi connectivity index (χ1n) is 5.85. The van der Waals surface area contributed by atoms with Crippen molar-refractivity contribution < 1.29 is 5.11 Å². The molecule has 0 heterocycles. The summed E-state index contributed by atoms with van der Waals surface area (Å²) in [7, 11) is 0. The molecule has 0 amide bonds. The van der Waals surface area contributed by atoms with Crippen molar-refractivity contribution in [3.8, 4) is 0 Å². The molecule has 0 aliphatic heterocycles. The molecule has 1 aliphatic rings. The first-order valence-corrected chi connectivity index (χ1v) is 5.85. The van der Waals surface area contributed by atoms with E-state index >= 15 is 0 Å². The molecule has 0 atom stereocenters. The minimum atomic E-state index is 0.381. The molecule has 2 nitrogen and oxygen atoms in total. The quantitative estimate of drug-likeness (QED) is 0.730. The number of aliphatic hydroxyl groups excluding tert-OH is 1. The van der Waals surface area contributed by atoms with Gasteiger partial charge in [-0.3, -0.25) is 0 Å². The highest BCUT2D eigenvalue weighted by molar-refractivity contribution is 4.78. The minimum Gasteiger partial charge on any atom is -0.396 e. The van der Waals surface area contributed by atoms with Gasteiger partial charge in [0, 0.05) is 19.2 Å². The molecule has 0 radical (unpaired) electrons. The lowest BCUT2D eigenvalue weighted by Crippen LogP contribution is -2.38. The van der Waals surface area contributed by atoms with Gasteiger partial charge in [0.2, 0.25) is 0 Å². The maximum Gasteiger partial charge on any atom is 0.0459 e. The second-order valence-corrected chi connectivity index (χ2v) is 5.84. The predicted octanol–water partition coefficient (Wildman–Crippen LogP) is 2.17. The molecule has 0 bridgehead atoms. The molecule has 0 aromatic heterocycles. The van der Waals surface area contributed by atoms with Crippen LogP contribution in [0.1, 0.15) is 46.5 Å². The summed E-state index contributed by atoms with van der Waals surface area (Å²) in [5, 5.41) is 12.6. The fourth-order valence-corrected chi connectivity index (χ4v) is 2.00. The van der Waals surface area contributed by atoms with E-state index in [9.17, 15) is 0 Å². The van der Waals surface area contributed by atoms with Crippen LogP contribution < -0.4 is 5.32 Å². The van der Waals surface area contributed by atoms with Gasteiger partial charge in [-0.1, -0.05) is 20.8 Å². The van der Waals surface area contributed by atoms with Gasteiger partial charge in [0.05, 0.1) is 0 Å². The Morgan fingerprint density at radius 1 is 1.14 bits per heavy atom. The lowest BCUT2D eigenvalue weighted by Gasteiger charge is -2.30. The molecule has 0 saturated heterocycles. The van der Waals surface area contributed by atoms with E-state index in [1.165, 1.54) is 25.7 Å². The Morgan fingerprint density at radius 3 is 2.14 bits per heavy atom. The summed E-state index contributed by atoms with van der Waals surface area (Å²) in [6.45, 7) is 8.27. The smallest absolute Gasteiger partial charge is 0.0459 e. The summed E-state index contributed by atoms with van der Waals surface area (Å²) >= 11 is 0. The van der Waals surface area contributed by atoms with Gasteiger partial charge in [-0.2, -0.15) is 0 Å².